The average Bonchev–Trinajstić information content (AvgIpc) is 2.91. The van der Waals surface area contributed by atoms with Gasteiger partial charge < -0.3 is 15.2 Å². The van der Waals surface area contributed by atoms with Gasteiger partial charge in [-0.15, -0.1) is 0 Å². The zero-order valence-electron chi connectivity index (χ0n) is 10.6. The smallest absolute Gasteiger partial charge is 0.607 e. The van der Waals surface area contributed by atoms with E-state index in [-0.39, 0.29) is 57.6 Å². The van der Waals surface area contributed by atoms with Crippen molar-refractivity contribution in [2.24, 2.45) is 0 Å². The van der Waals surface area contributed by atoms with E-state index in [1.165, 1.54) is 6.08 Å². The van der Waals surface area contributed by atoms with Gasteiger partial charge in [-0.3, -0.25) is 0 Å². The largest absolute Gasteiger partial charge is 1.00 e. The first kappa shape index (κ1) is 17.9. The molecule has 1 aliphatic heterocycles. The molecule has 0 amide bonds. The van der Waals surface area contributed by atoms with Crippen molar-refractivity contribution in [1.29, 1.82) is 0 Å². The molecule has 3 nitrogen and oxygen atoms in total. The van der Waals surface area contributed by atoms with Crippen LogP contribution in [0.5, 0.6) is 0 Å². The van der Waals surface area contributed by atoms with Crippen molar-refractivity contribution in [2.45, 2.75) is 6.23 Å². The van der Waals surface area contributed by atoms with E-state index in [4.69, 9.17) is 9.84 Å². The maximum Gasteiger partial charge on any atom is 1.00 e. The van der Waals surface area contributed by atoms with Crippen molar-refractivity contribution in [2.75, 3.05) is 13.2 Å². The van der Waals surface area contributed by atoms with Crippen molar-refractivity contribution in [3.05, 3.63) is 67.3 Å². The third-order valence-corrected chi connectivity index (χ3v) is 1.98. The summed E-state index contributed by atoms with van der Waals surface area (Å²) in [6, 6.07) is 12.0. The van der Waals surface area contributed by atoms with Gasteiger partial charge in [0, 0.05) is 6.54 Å². The van der Waals surface area contributed by atoms with Crippen molar-refractivity contribution >= 4 is 0 Å². The Kier molecular flexibility index (Phi) is 13.3. The first-order chi connectivity index (χ1) is 8.43. The predicted octanol–water partition coefficient (Wildman–Crippen LogP) is -0.742. The first-order valence-corrected chi connectivity index (χ1v) is 5.51. The van der Waals surface area contributed by atoms with Gasteiger partial charge in [-0.1, -0.05) is 42.7 Å². The van der Waals surface area contributed by atoms with Crippen LogP contribution in [0.4, 0.5) is 0 Å². The number of ether oxygens (including phenoxy) is 1. The standard InChI is InChI=1S/C8H11NO2.C6H6.K/c10-6-3-1-2-4-8-9-5-7-11-8;1-2-4-6-5-3-1;/h1-4,8-10H,5,7H2;1-6H;/q-2;;+1/b2-1-;;. The summed E-state index contributed by atoms with van der Waals surface area (Å²) >= 11 is 0. The summed E-state index contributed by atoms with van der Waals surface area (Å²) in [7, 11) is 0. The molecule has 2 rings (SSSR count). The van der Waals surface area contributed by atoms with Crippen LogP contribution in [0, 0.1) is 12.7 Å². The van der Waals surface area contributed by atoms with E-state index in [0.29, 0.717) is 0 Å². The molecule has 0 aromatic heterocycles. The fraction of sp³-hybridized carbons (Fsp3) is 0.214. The molecule has 0 saturated carbocycles. The summed E-state index contributed by atoms with van der Waals surface area (Å²) in [6.45, 7) is 1.66. The molecule has 2 N–H and O–H groups in total. The zero-order chi connectivity index (χ0) is 12.2. The van der Waals surface area contributed by atoms with Gasteiger partial charge in [0.25, 0.3) is 0 Å². The number of aliphatic hydroxyl groups is 1. The van der Waals surface area contributed by atoms with Gasteiger partial charge in [-0.2, -0.15) is 6.42 Å². The van der Waals surface area contributed by atoms with Gasteiger partial charge in [-0.05, 0) is 0 Å². The molecule has 1 unspecified atom stereocenters. The Labute approximate surface area is 151 Å². The second-order valence-corrected chi connectivity index (χ2v) is 3.27. The van der Waals surface area contributed by atoms with E-state index < -0.39 is 0 Å². The summed E-state index contributed by atoms with van der Waals surface area (Å²) in [5.41, 5.74) is 0. The number of benzene rings is 1. The van der Waals surface area contributed by atoms with Gasteiger partial charge in [0.1, 0.15) is 0 Å². The Morgan fingerprint density at radius 3 is 2.28 bits per heavy atom. The van der Waals surface area contributed by atoms with Crippen molar-refractivity contribution in [3.8, 4) is 0 Å². The molecule has 0 aliphatic carbocycles. The minimum atomic E-state index is 0. The fourth-order valence-corrected chi connectivity index (χ4v) is 1.22. The average molecular weight is 270 g/mol. The molecule has 1 aromatic rings. The van der Waals surface area contributed by atoms with Gasteiger partial charge in [0.2, 0.25) is 0 Å². The number of aliphatic hydroxyl groups excluding tert-OH is 1. The Bertz CT molecular complexity index is 295. The number of nitrogens with one attached hydrogen (secondary N) is 1. The molecule has 1 aromatic carbocycles. The summed E-state index contributed by atoms with van der Waals surface area (Å²) < 4.78 is 5.22. The fourth-order valence-electron chi connectivity index (χ4n) is 1.22. The normalized spacial score (nSPS) is 18.1. The third kappa shape index (κ3) is 9.91. The number of hydrogen-bond donors (Lipinski definition) is 2. The van der Waals surface area contributed by atoms with E-state index in [1.54, 1.807) is 12.2 Å². The molecule has 18 heavy (non-hydrogen) atoms. The first-order valence-electron chi connectivity index (χ1n) is 5.51. The van der Waals surface area contributed by atoms with E-state index in [2.05, 4.69) is 5.32 Å². The molecule has 0 radical (unpaired) electrons. The summed E-state index contributed by atoms with van der Waals surface area (Å²) in [5, 5.41) is 11.2. The van der Waals surface area contributed by atoms with Gasteiger partial charge in [0.15, 0.2) is 0 Å². The Hall–Kier alpha value is -0.0736. The van der Waals surface area contributed by atoms with Crippen LogP contribution in [0.3, 0.4) is 0 Å². The molecule has 1 heterocycles. The van der Waals surface area contributed by atoms with Crippen LogP contribution in [-0.4, -0.2) is 24.5 Å². The zero-order valence-corrected chi connectivity index (χ0v) is 13.7. The third-order valence-electron chi connectivity index (χ3n) is 1.98. The molecular weight excluding hydrogens is 253 g/mol. The Balaban J connectivity index is 0.000000352. The van der Waals surface area contributed by atoms with Crippen molar-refractivity contribution in [1.82, 2.24) is 5.32 Å². The molecule has 4 heteroatoms. The number of allylic oxidation sites excluding steroid dienone is 2. The van der Waals surface area contributed by atoms with E-state index in [0.717, 1.165) is 13.2 Å². The van der Waals surface area contributed by atoms with Crippen LogP contribution in [0.15, 0.2) is 54.6 Å². The Morgan fingerprint density at radius 2 is 1.83 bits per heavy atom. The molecule has 92 valence electrons. The van der Waals surface area contributed by atoms with Crippen LogP contribution < -0.4 is 56.7 Å². The maximum atomic E-state index is 8.14. The van der Waals surface area contributed by atoms with Gasteiger partial charge in [0.05, 0.1) is 12.8 Å². The topological polar surface area (TPSA) is 41.5 Å². The molecule has 0 bridgehead atoms. The predicted molar refractivity (Wildman–Crippen MR) is 68.1 cm³/mol. The molecule has 1 atom stereocenters. The monoisotopic (exact) mass is 270 g/mol. The second kappa shape index (κ2) is 13.4. The molecular formula is C14H17KNO2-. The minimum Gasteiger partial charge on any atom is -0.607 e. The SMILES string of the molecule is O[C-]=C/C=C\[CH-]C1NCCO1.[K+].c1ccccc1. The minimum absolute atomic E-state index is 0. The van der Waals surface area contributed by atoms with Crippen LogP contribution in [0.2, 0.25) is 0 Å². The summed E-state index contributed by atoms with van der Waals surface area (Å²) in [6.07, 6.45) is 8.71. The van der Waals surface area contributed by atoms with Crippen LogP contribution in [0.25, 0.3) is 0 Å². The number of rotatable bonds is 3. The van der Waals surface area contributed by atoms with Gasteiger partial charge >= 0.3 is 51.4 Å². The van der Waals surface area contributed by atoms with E-state index in [9.17, 15) is 0 Å². The maximum absolute atomic E-state index is 8.14. The van der Waals surface area contributed by atoms with Gasteiger partial charge in [-0.25, -0.2) is 18.2 Å². The van der Waals surface area contributed by atoms with Crippen LogP contribution >= 0.6 is 0 Å². The number of hydrogen-bond acceptors (Lipinski definition) is 3. The van der Waals surface area contributed by atoms with Crippen LogP contribution in [0.1, 0.15) is 0 Å². The molecule has 0 spiro atoms. The summed E-state index contributed by atoms with van der Waals surface area (Å²) in [4.78, 5) is 0. The second-order valence-electron chi connectivity index (χ2n) is 3.27. The molecule has 1 saturated heterocycles. The summed E-state index contributed by atoms with van der Waals surface area (Å²) in [5.74, 6) is 0. The van der Waals surface area contributed by atoms with E-state index in [1.807, 2.05) is 49.1 Å². The van der Waals surface area contributed by atoms with E-state index >= 15 is 0 Å². The molecule has 1 aliphatic rings. The van der Waals surface area contributed by atoms with Crippen LogP contribution in [-0.2, 0) is 4.74 Å². The van der Waals surface area contributed by atoms with Crippen molar-refractivity contribution < 1.29 is 61.2 Å². The Morgan fingerprint density at radius 1 is 1.22 bits per heavy atom. The van der Waals surface area contributed by atoms with Crippen molar-refractivity contribution in [3.63, 3.8) is 0 Å². The molecule has 1 fully saturated rings. The quantitative estimate of drug-likeness (QED) is 0.329.